The van der Waals surface area contributed by atoms with Crippen molar-refractivity contribution in [2.45, 2.75) is 63.9 Å². The summed E-state index contributed by atoms with van der Waals surface area (Å²) in [4.78, 5) is 0. The Kier molecular flexibility index (Phi) is 2.12. The molecule has 0 aliphatic heterocycles. The Hall–Kier alpha value is -0.0400. The van der Waals surface area contributed by atoms with E-state index in [1.807, 2.05) is 0 Å². The summed E-state index contributed by atoms with van der Waals surface area (Å²) < 4.78 is 0. The molecule has 0 aromatic heterocycles. The second-order valence-corrected chi connectivity index (χ2v) is 5.85. The van der Waals surface area contributed by atoms with Crippen LogP contribution < -0.4 is 0 Å². The van der Waals surface area contributed by atoms with Crippen LogP contribution in [0.2, 0.25) is 0 Å². The number of aliphatic hydroxyl groups is 1. The fraction of sp³-hybridized carbons (Fsp3) is 1.00. The lowest BCUT2D eigenvalue weighted by Gasteiger charge is -2.44. The van der Waals surface area contributed by atoms with Crippen molar-refractivity contribution in [3.8, 4) is 0 Å². The first-order valence-electron chi connectivity index (χ1n) is 6.51. The molecule has 3 aliphatic carbocycles. The molecule has 0 aromatic rings. The Morgan fingerprint density at radius 2 is 1.79 bits per heavy atom. The zero-order valence-corrected chi connectivity index (χ0v) is 9.04. The summed E-state index contributed by atoms with van der Waals surface area (Å²) in [6, 6.07) is 0. The molecule has 0 amide bonds. The third kappa shape index (κ3) is 1.11. The molecule has 1 heteroatoms. The molecule has 1 spiro atoms. The highest BCUT2D eigenvalue weighted by molar-refractivity contribution is 5.04. The monoisotopic (exact) mass is 194 g/mol. The predicted octanol–water partition coefficient (Wildman–Crippen LogP) is 3.12. The summed E-state index contributed by atoms with van der Waals surface area (Å²) in [5.74, 6) is 1.54. The van der Waals surface area contributed by atoms with Gasteiger partial charge in [0, 0.05) is 0 Å². The van der Waals surface area contributed by atoms with Gasteiger partial charge in [-0.1, -0.05) is 19.3 Å². The van der Waals surface area contributed by atoms with Crippen LogP contribution in [0.25, 0.3) is 0 Å². The van der Waals surface area contributed by atoms with Crippen molar-refractivity contribution < 1.29 is 5.11 Å². The Morgan fingerprint density at radius 3 is 2.71 bits per heavy atom. The molecule has 1 N–H and O–H groups in total. The maximum absolute atomic E-state index is 10.4. The zero-order chi connectivity index (χ0) is 9.60. The van der Waals surface area contributed by atoms with Crippen molar-refractivity contribution in [2.75, 3.05) is 0 Å². The highest BCUT2D eigenvalue weighted by atomic mass is 16.3. The minimum atomic E-state index is 0.0688. The Bertz CT molecular complexity index is 221. The quantitative estimate of drug-likeness (QED) is 0.628. The maximum atomic E-state index is 10.4. The molecule has 3 saturated carbocycles. The predicted molar refractivity (Wildman–Crippen MR) is 57.0 cm³/mol. The van der Waals surface area contributed by atoms with Crippen molar-refractivity contribution >= 4 is 0 Å². The standard InChI is InChI=1S/C13H22O/c14-12-10-5-6-11-4-2-1-3-8-13(11,12)9-7-10/h10-12,14H,1-9H2/t10-,11+,12-,13-/m1/s1. The van der Waals surface area contributed by atoms with Crippen LogP contribution in [-0.2, 0) is 0 Å². The van der Waals surface area contributed by atoms with Crippen LogP contribution in [0.5, 0.6) is 0 Å². The minimum Gasteiger partial charge on any atom is -0.392 e. The van der Waals surface area contributed by atoms with Gasteiger partial charge in [0.2, 0.25) is 0 Å². The first-order valence-corrected chi connectivity index (χ1v) is 6.51. The molecule has 0 radical (unpaired) electrons. The minimum absolute atomic E-state index is 0.0688. The van der Waals surface area contributed by atoms with Gasteiger partial charge < -0.3 is 5.11 Å². The van der Waals surface area contributed by atoms with E-state index in [9.17, 15) is 5.11 Å². The maximum Gasteiger partial charge on any atom is 0.0627 e. The molecule has 80 valence electrons. The lowest BCUT2D eigenvalue weighted by Crippen LogP contribution is -2.43. The normalized spacial score (nSPS) is 52.5. The average Bonchev–Trinajstić information content (AvgIpc) is 2.41. The van der Waals surface area contributed by atoms with Gasteiger partial charge in [-0.05, 0) is 55.8 Å². The fourth-order valence-corrected chi connectivity index (χ4v) is 4.61. The third-order valence-corrected chi connectivity index (χ3v) is 5.41. The summed E-state index contributed by atoms with van der Waals surface area (Å²) in [6.45, 7) is 0. The summed E-state index contributed by atoms with van der Waals surface area (Å²) in [6.07, 6.45) is 12.4. The van der Waals surface area contributed by atoms with Crippen molar-refractivity contribution in [1.82, 2.24) is 0 Å². The molecule has 2 bridgehead atoms. The summed E-state index contributed by atoms with van der Waals surface area (Å²) in [5, 5.41) is 10.4. The molecule has 3 aliphatic rings. The molecule has 0 heterocycles. The van der Waals surface area contributed by atoms with Crippen LogP contribution >= 0.6 is 0 Å². The number of fused-ring (bicyclic) bond motifs is 1. The van der Waals surface area contributed by atoms with Crippen molar-refractivity contribution in [2.24, 2.45) is 17.3 Å². The van der Waals surface area contributed by atoms with Gasteiger partial charge in [-0.15, -0.1) is 0 Å². The molecule has 3 rings (SSSR count). The number of rotatable bonds is 0. The van der Waals surface area contributed by atoms with E-state index in [-0.39, 0.29) is 6.10 Å². The van der Waals surface area contributed by atoms with Crippen LogP contribution in [0.3, 0.4) is 0 Å². The van der Waals surface area contributed by atoms with E-state index < -0.39 is 0 Å². The van der Waals surface area contributed by atoms with E-state index in [0.717, 1.165) is 5.92 Å². The van der Waals surface area contributed by atoms with Gasteiger partial charge >= 0.3 is 0 Å². The zero-order valence-electron chi connectivity index (χ0n) is 9.04. The van der Waals surface area contributed by atoms with Gasteiger partial charge in [-0.2, -0.15) is 0 Å². The van der Waals surface area contributed by atoms with E-state index in [2.05, 4.69) is 0 Å². The van der Waals surface area contributed by atoms with Crippen LogP contribution in [0.1, 0.15) is 57.8 Å². The molecule has 0 aromatic carbocycles. The molecule has 4 atom stereocenters. The molecule has 14 heavy (non-hydrogen) atoms. The molecule has 0 saturated heterocycles. The van der Waals surface area contributed by atoms with Gasteiger partial charge in [-0.3, -0.25) is 0 Å². The summed E-state index contributed by atoms with van der Waals surface area (Å²) >= 11 is 0. The van der Waals surface area contributed by atoms with Crippen LogP contribution in [0, 0.1) is 17.3 Å². The summed E-state index contributed by atoms with van der Waals surface area (Å²) in [7, 11) is 0. The molecule has 3 fully saturated rings. The second-order valence-electron chi connectivity index (χ2n) is 5.85. The topological polar surface area (TPSA) is 20.2 Å². The number of hydrogen-bond acceptors (Lipinski definition) is 1. The smallest absolute Gasteiger partial charge is 0.0627 e. The first-order chi connectivity index (χ1) is 6.83. The van der Waals surface area contributed by atoms with E-state index in [1.165, 1.54) is 57.8 Å². The van der Waals surface area contributed by atoms with E-state index in [1.54, 1.807) is 0 Å². The van der Waals surface area contributed by atoms with Crippen molar-refractivity contribution in [3.05, 3.63) is 0 Å². The third-order valence-electron chi connectivity index (χ3n) is 5.41. The van der Waals surface area contributed by atoms with Gasteiger partial charge in [-0.25, -0.2) is 0 Å². The SMILES string of the molecule is O[C@@H]1[C@@H]2CC[C@@H]3CCCCC[C@@]31CC2. The number of aliphatic hydroxyl groups excluding tert-OH is 1. The van der Waals surface area contributed by atoms with Gasteiger partial charge in [0.1, 0.15) is 0 Å². The van der Waals surface area contributed by atoms with Crippen molar-refractivity contribution in [1.29, 1.82) is 0 Å². The van der Waals surface area contributed by atoms with Crippen LogP contribution in [-0.4, -0.2) is 11.2 Å². The van der Waals surface area contributed by atoms with Gasteiger partial charge in [0.05, 0.1) is 6.10 Å². The van der Waals surface area contributed by atoms with E-state index in [0.29, 0.717) is 11.3 Å². The Morgan fingerprint density at radius 1 is 0.857 bits per heavy atom. The van der Waals surface area contributed by atoms with Gasteiger partial charge in [0.25, 0.3) is 0 Å². The molecule has 0 unspecified atom stereocenters. The average molecular weight is 194 g/mol. The lowest BCUT2D eigenvalue weighted by atomic mass is 9.63. The fourth-order valence-electron chi connectivity index (χ4n) is 4.61. The highest BCUT2D eigenvalue weighted by Gasteiger charge is 2.54. The van der Waals surface area contributed by atoms with E-state index in [4.69, 9.17) is 0 Å². The van der Waals surface area contributed by atoms with Gasteiger partial charge in [0.15, 0.2) is 0 Å². The molecular formula is C13H22O. The largest absolute Gasteiger partial charge is 0.392 e. The Labute approximate surface area is 86.9 Å². The second kappa shape index (κ2) is 3.23. The molecular weight excluding hydrogens is 172 g/mol. The van der Waals surface area contributed by atoms with Crippen LogP contribution in [0.15, 0.2) is 0 Å². The summed E-state index contributed by atoms with van der Waals surface area (Å²) in [5.41, 5.74) is 0.388. The molecule has 1 nitrogen and oxygen atoms in total. The first kappa shape index (κ1) is 9.21. The Balaban J connectivity index is 1.92. The number of hydrogen-bond donors (Lipinski definition) is 1. The highest BCUT2D eigenvalue weighted by Crippen LogP contribution is 2.59. The van der Waals surface area contributed by atoms with E-state index >= 15 is 0 Å². The lowest BCUT2D eigenvalue weighted by molar-refractivity contribution is -0.0528. The van der Waals surface area contributed by atoms with Crippen LogP contribution in [0.4, 0.5) is 0 Å². The van der Waals surface area contributed by atoms with Crippen molar-refractivity contribution in [3.63, 3.8) is 0 Å².